The van der Waals surface area contributed by atoms with Crippen molar-refractivity contribution >= 4 is 28.5 Å². The lowest BCUT2D eigenvalue weighted by molar-refractivity contribution is -0.139. The van der Waals surface area contributed by atoms with Crippen LogP contribution in [-0.2, 0) is 26.3 Å². The average Bonchev–Trinajstić information content (AvgIpc) is 3.38. The van der Waals surface area contributed by atoms with Crippen molar-refractivity contribution in [3.63, 3.8) is 0 Å². The van der Waals surface area contributed by atoms with E-state index in [2.05, 4.69) is 48.7 Å². The number of esters is 1. The maximum atomic E-state index is 13.7. The van der Waals surface area contributed by atoms with Crippen molar-refractivity contribution in [3.8, 4) is 11.1 Å². The van der Waals surface area contributed by atoms with Crippen molar-refractivity contribution in [1.82, 2.24) is 4.57 Å². The first-order valence-corrected chi connectivity index (χ1v) is 11.4. The zero-order valence-electron chi connectivity index (χ0n) is 19.5. The summed E-state index contributed by atoms with van der Waals surface area (Å²) in [5.74, 6) is -0.112. The van der Waals surface area contributed by atoms with Crippen LogP contribution in [0.1, 0.15) is 48.1 Å². The van der Waals surface area contributed by atoms with E-state index >= 15 is 0 Å². The predicted molar refractivity (Wildman–Crippen MR) is 127 cm³/mol. The van der Waals surface area contributed by atoms with Crippen LogP contribution in [-0.4, -0.2) is 30.6 Å². The first-order chi connectivity index (χ1) is 15.3. The lowest BCUT2D eigenvalue weighted by atomic mass is 9.86. The van der Waals surface area contributed by atoms with Crippen LogP contribution < -0.4 is 4.90 Å². The normalized spacial score (nSPS) is 16.9. The number of likely N-dealkylation sites (N-methyl/N-ethyl adjacent to an activating group) is 1. The van der Waals surface area contributed by atoms with Crippen LogP contribution in [0.25, 0.3) is 22.0 Å². The summed E-state index contributed by atoms with van der Waals surface area (Å²) in [6.07, 6.45) is 4.06. The summed E-state index contributed by atoms with van der Waals surface area (Å²) in [5.41, 5.74) is 7.91. The Bertz CT molecular complexity index is 1260. The van der Waals surface area contributed by atoms with E-state index in [0.29, 0.717) is 0 Å². The molecular weight excluding hydrogens is 400 g/mol. The van der Waals surface area contributed by atoms with Crippen LogP contribution in [0.3, 0.4) is 0 Å². The Hall–Kier alpha value is -3.08. The van der Waals surface area contributed by atoms with Gasteiger partial charge in [-0.25, -0.2) is 0 Å². The fourth-order valence-corrected chi connectivity index (χ4v) is 6.09. The molecule has 2 heterocycles. The zero-order chi connectivity index (χ0) is 22.8. The molecule has 3 aromatic rings. The Morgan fingerprint density at radius 1 is 1.09 bits per heavy atom. The summed E-state index contributed by atoms with van der Waals surface area (Å²) in [6, 6.07) is 10.7. The number of ether oxygens (including phenoxy) is 1. The van der Waals surface area contributed by atoms with Crippen molar-refractivity contribution in [2.75, 3.05) is 19.1 Å². The molecule has 2 aliphatic rings. The highest BCUT2D eigenvalue weighted by atomic mass is 16.5. The number of benzene rings is 2. The number of amides is 1. The molecule has 0 N–H and O–H groups in total. The van der Waals surface area contributed by atoms with Crippen molar-refractivity contribution in [2.24, 2.45) is 0 Å². The number of carbonyl (C=O) groups is 2. The standard InChI is InChI=1S/C27H30N2O3/c1-16-8-10-19(11-9-16)23-20(15-22(30)32-5)18(3)24-25-21(23)14-17(2)29(25)27(12-6-7-13-27)26(31)28(24)4/h8-11,14H,6-7,12-13,15H2,1-5H3. The predicted octanol–water partition coefficient (Wildman–Crippen LogP) is 5.19. The van der Waals surface area contributed by atoms with Crippen LogP contribution in [0, 0.1) is 20.8 Å². The van der Waals surface area contributed by atoms with Gasteiger partial charge in [0.1, 0.15) is 5.54 Å². The number of carbonyl (C=O) groups excluding carboxylic acids is 2. The molecule has 32 heavy (non-hydrogen) atoms. The van der Waals surface area contributed by atoms with Gasteiger partial charge in [0.25, 0.3) is 5.91 Å². The van der Waals surface area contributed by atoms with Gasteiger partial charge in [-0.2, -0.15) is 0 Å². The van der Waals surface area contributed by atoms with Crippen LogP contribution in [0.2, 0.25) is 0 Å². The second kappa shape index (κ2) is 7.22. The molecule has 1 aromatic heterocycles. The number of anilines is 1. The zero-order valence-corrected chi connectivity index (χ0v) is 19.5. The van der Waals surface area contributed by atoms with E-state index < -0.39 is 5.54 Å². The third-order valence-electron chi connectivity index (χ3n) is 7.57. The molecule has 0 bridgehead atoms. The van der Waals surface area contributed by atoms with E-state index in [1.807, 2.05) is 18.9 Å². The number of fused-ring (bicyclic) bond motifs is 1. The Kier molecular flexibility index (Phi) is 4.70. The molecule has 2 aromatic carbocycles. The molecule has 1 spiro atoms. The highest BCUT2D eigenvalue weighted by molar-refractivity contribution is 6.15. The fourth-order valence-electron chi connectivity index (χ4n) is 6.09. The highest BCUT2D eigenvalue weighted by Gasteiger charge is 2.50. The van der Waals surface area contributed by atoms with E-state index in [0.717, 1.165) is 70.2 Å². The smallest absolute Gasteiger partial charge is 0.310 e. The van der Waals surface area contributed by atoms with Crippen LogP contribution in [0.5, 0.6) is 0 Å². The monoisotopic (exact) mass is 430 g/mol. The van der Waals surface area contributed by atoms with Crippen LogP contribution in [0.4, 0.5) is 5.69 Å². The first-order valence-electron chi connectivity index (χ1n) is 11.4. The van der Waals surface area contributed by atoms with Gasteiger partial charge in [0, 0.05) is 18.1 Å². The largest absolute Gasteiger partial charge is 0.469 e. The van der Waals surface area contributed by atoms with Gasteiger partial charge in [-0.1, -0.05) is 42.7 Å². The third-order valence-corrected chi connectivity index (χ3v) is 7.57. The fraction of sp³-hybridized carbons (Fsp3) is 0.407. The number of hydrogen-bond donors (Lipinski definition) is 0. The van der Waals surface area contributed by atoms with Gasteiger partial charge in [-0.05, 0) is 61.9 Å². The summed E-state index contributed by atoms with van der Waals surface area (Å²) < 4.78 is 7.37. The summed E-state index contributed by atoms with van der Waals surface area (Å²) in [6.45, 7) is 6.22. The molecule has 5 nitrogen and oxygen atoms in total. The van der Waals surface area contributed by atoms with Gasteiger partial charge < -0.3 is 14.2 Å². The Morgan fingerprint density at radius 2 is 1.75 bits per heavy atom. The molecule has 1 aliphatic carbocycles. The number of nitrogens with zero attached hydrogens (tertiary/aromatic N) is 2. The average molecular weight is 431 g/mol. The lowest BCUT2D eigenvalue weighted by Gasteiger charge is -2.41. The SMILES string of the molecule is COC(=O)Cc1c(C)c2c3c(cc(C)n3C3(CCCC3)C(=O)N2C)c1-c1ccc(C)cc1. The second-order valence-corrected chi connectivity index (χ2v) is 9.43. The third kappa shape index (κ3) is 2.70. The molecule has 0 unspecified atom stereocenters. The van der Waals surface area contributed by atoms with Crippen molar-refractivity contribution in [1.29, 1.82) is 0 Å². The Balaban J connectivity index is 1.93. The molecule has 0 saturated heterocycles. The minimum absolute atomic E-state index is 0.165. The van der Waals surface area contributed by atoms with Crippen LogP contribution in [0.15, 0.2) is 30.3 Å². The van der Waals surface area contributed by atoms with Crippen molar-refractivity contribution < 1.29 is 14.3 Å². The van der Waals surface area contributed by atoms with Crippen molar-refractivity contribution in [3.05, 3.63) is 52.7 Å². The second-order valence-electron chi connectivity index (χ2n) is 9.43. The quantitative estimate of drug-likeness (QED) is 0.537. The summed E-state index contributed by atoms with van der Waals surface area (Å²) >= 11 is 0. The van der Waals surface area contributed by atoms with Crippen LogP contribution >= 0.6 is 0 Å². The minimum Gasteiger partial charge on any atom is -0.469 e. The first kappa shape index (κ1) is 20.8. The Morgan fingerprint density at radius 3 is 2.38 bits per heavy atom. The molecule has 1 aliphatic heterocycles. The number of aryl methyl sites for hydroxylation is 2. The number of methoxy groups -OCH3 is 1. The van der Waals surface area contributed by atoms with Gasteiger partial charge in [-0.15, -0.1) is 0 Å². The molecule has 1 amide bonds. The Labute approximate surface area is 189 Å². The molecule has 1 fully saturated rings. The summed E-state index contributed by atoms with van der Waals surface area (Å²) in [7, 11) is 3.31. The maximum absolute atomic E-state index is 13.7. The molecule has 0 radical (unpaired) electrons. The molecule has 0 atom stereocenters. The molecular formula is C27H30N2O3. The van der Waals surface area contributed by atoms with Gasteiger partial charge in [0.2, 0.25) is 0 Å². The molecule has 166 valence electrons. The molecule has 5 rings (SSSR count). The summed E-state index contributed by atoms with van der Waals surface area (Å²) in [4.78, 5) is 28.0. The van der Waals surface area contributed by atoms with Gasteiger partial charge in [0.15, 0.2) is 0 Å². The number of hydrogen-bond acceptors (Lipinski definition) is 3. The number of rotatable bonds is 3. The minimum atomic E-state index is -0.492. The van der Waals surface area contributed by atoms with E-state index in [9.17, 15) is 9.59 Å². The van der Waals surface area contributed by atoms with E-state index in [1.54, 1.807) is 0 Å². The van der Waals surface area contributed by atoms with E-state index in [-0.39, 0.29) is 18.3 Å². The van der Waals surface area contributed by atoms with Crippen molar-refractivity contribution in [2.45, 2.75) is 58.4 Å². The van der Waals surface area contributed by atoms with E-state index in [4.69, 9.17) is 4.74 Å². The highest BCUT2D eigenvalue weighted by Crippen LogP contribution is 2.51. The van der Waals surface area contributed by atoms with Gasteiger partial charge >= 0.3 is 5.97 Å². The molecule has 5 heteroatoms. The maximum Gasteiger partial charge on any atom is 0.310 e. The molecule has 1 saturated carbocycles. The topological polar surface area (TPSA) is 51.5 Å². The summed E-state index contributed by atoms with van der Waals surface area (Å²) in [5, 5.41) is 1.11. The lowest BCUT2D eigenvalue weighted by Crippen LogP contribution is -2.51. The number of aromatic nitrogens is 1. The van der Waals surface area contributed by atoms with Gasteiger partial charge in [0.05, 0.1) is 24.7 Å². The van der Waals surface area contributed by atoms with E-state index in [1.165, 1.54) is 12.7 Å². The van der Waals surface area contributed by atoms with Gasteiger partial charge in [-0.3, -0.25) is 9.59 Å².